The van der Waals surface area contributed by atoms with Gasteiger partial charge in [-0.05, 0) is 31.5 Å². The number of benzene rings is 1. The van der Waals surface area contributed by atoms with Gasteiger partial charge < -0.3 is 10.2 Å². The summed E-state index contributed by atoms with van der Waals surface area (Å²) in [6, 6.07) is 13.6. The normalized spacial score (nSPS) is 10.5. The molecule has 0 aliphatic carbocycles. The summed E-state index contributed by atoms with van der Waals surface area (Å²) < 4.78 is 0. The average molecular weight is 382 g/mol. The van der Waals surface area contributed by atoms with E-state index < -0.39 is 5.91 Å². The maximum Gasteiger partial charge on any atom is 0.277 e. The molecular formula is C20H20ClN5O. The van der Waals surface area contributed by atoms with E-state index in [1.54, 1.807) is 12.3 Å². The standard InChI is InChI=1S/C20H20ClN5O/c1-3-26(4-2)20-23-13-16(21)18(25-20)19(27)24-17-11-10-15(12-22-17)14-8-6-5-7-9-14/h5-13H,3-4H2,1-2H3,(H,22,24,27). The maximum absolute atomic E-state index is 12.6. The molecule has 0 saturated heterocycles. The summed E-state index contributed by atoms with van der Waals surface area (Å²) in [7, 11) is 0. The number of anilines is 2. The van der Waals surface area contributed by atoms with Crippen molar-refractivity contribution in [1.82, 2.24) is 15.0 Å². The van der Waals surface area contributed by atoms with Crippen LogP contribution in [0.2, 0.25) is 5.02 Å². The van der Waals surface area contributed by atoms with Crippen molar-refractivity contribution in [2.45, 2.75) is 13.8 Å². The zero-order chi connectivity index (χ0) is 19.2. The van der Waals surface area contributed by atoms with E-state index in [1.165, 1.54) is 6.20 Å². The van der Waals surface area contributed by atoms with Crippen LogP contribution in [0, 0.1) is 0 Å². The molecule has 27 heavy (non-hydrogen) atoms. The fourth-order valence-electron chi connectivity index (χ4n) is 2.62. The van der Waals surface area contributed by atoms with Gasteiger partial charge in [0.05, 0.1) is 11.2 Å². The van der Waals surface area contributed by atoms with Crippen LogP contribution in [0.4, 0.5) is 11.8 Å². The molecule has 3 rings (SSSR count). The lowest BCUT2D eigenvalue weighted by atomic mass is 10.1. The van der Waals surface area contributed by atoms with E-state index in [1.807, 2.05) is 55.1 Å². The molecule has 0 aliphatic heterocycles. The van der Waals surface area contributed by atoms with E-state index in [-0.39, 0.29) is 10.7 Å². The van der Waals surface area contributed by atoms with Crippen molar-refractivity contribution in [3.8, 4) is 11.1 Å². The van der Waals surface area contributed by atoms with Crippen LogP contribution in [-0.2, 0) is 0 Å². The van der Waals surface area contributed by atoms with Gasteiger partial charge >= 0.3 is 0 Å². The third-order valence-electron chi connectivity index (χ3n) is 4.10. The molecule has 0 atom stereocenters. The van der Waals surface area contributed by atoms with Crippen LogP contribution in [0.1, 0.15) is 24.3 Å². The molecule has 7 heteroatoms. The molecule has 0 aliphatic rings. The molecule has 3 aromatic rings. The molecule has 1 amide bonds. The molecule has 2 heterocycles. The van der Waals surface area contributed by atoms with Crippen LogP contribution >= 0.6 is 11.6 Å². The molecule has 138 valence electrons. The van der Waals surface area contributed by atoms with Crippen LogP contribution in [-0.4, -0.2) is 33.9 Å². The second-order valence-electron chi connectivity index (χ2n) is 5.79. The topological polar surface area (TPSA) is 71.0 Å². The van der Waals surface area contributed by atoms with Crippen LogP contribution in [0.15, 0.2) is 54.9 Å². The van der Waals surface area contributed by atoms with Gasteiger partial charge in [-0.2, -0.15) is 0 Å². The Labute approximate surface area is 163 Å². The van der Waals surface area contributed by atoms with Gasteiger partial charge in [-0.15, -0.1) is 0 Å². The fraction of sp³-hybridized carbons (Fsp3) is 0.200. The van der Waals surface area contributed by atoms with E-state index >= 15 is 0 Å². The minimum atomic E-state index is -0.421. The highest BCUT2D eigenvalue weighted by Gasteiger charge is 2.17. The number of pyridine rings is 1. The predicted molar refractivity (Wildman–Crippen MR) is 108 cm³/mol. The molecule has 2 aromatic heterocycles. The molecule has 1 N–H and O–H groups in total. The van der Waals surface area contributed by atoms with Gasteiger partial charge in [-0.1, -0.05) is 41.9 Å². The molecule has 0 radical (unpaired) electrons. The van der Waals surface area contributed by atoms with Crippen molar-refractivity contribution < 1.29 is 4.79 Å². The number of nitrogens with one attached hydrogen (secondary N) is 1. The van der Waals surface area contributed by atoms with Crippen LogP contribution < -0.4 is 10.2 Å². The quantitative estimate of drug-likeness (QED) is 0.689. The minimum Gasteiger partial charge on any atom is -0.341 e. The van der Waals surface area contributed by atoms with Crippen molar-refractivity contribution in [2.24, 2.45) is 0 Å². The largest absolute Gasteiger partial charge is 0.341 e. The smallest absolute Gasteiger partial charge is 0.277 e. The third kappa shape index (κ3) is 4.41. The first-order valence-electron chi connectivity index (χ1n) is 8.72. The van der Waals surface area contributed by atoms with Crippen molar-refractivity contribution in [3.05, 3.63) is 65.6 Å². The number of hydrogen-bond acceptors (Lipinski definition) is 5. The Morgan fingerprint density at radius 2 is 1.74 bits per heavy atom. The first-order valence-corrected chi connectivity index (χ1v) is 9.10. The maximum atomic E-state index is 12.6. The van der Waals surface area contributed by atoms with Crippen LogP contribution in [0.5, 0.6) is 0 Å². The summed E-state index contributed by atoms with van der Waals surface area (Å²) >= 11 is 6.13. The SMILES string of the molecule is CCN(CC)c1ncc(Cl)c(C(=O)Nc2ccc(-c3ccccc3)cn2)n1. The molecule has 0 saturated carbocycles. The molecule has 0 unspecified atom stereocenters. The zero-order valence-electron chi connectivity index (χ0n) is 15.2. The number of carbonyl (C=O) groups excluding carboxylic acids is 1. The van der Waals surface area contributed by atoms with Gasteiger partial charge in [0, 0.05) is 24.8 Å². The lowest BCUT2D eigenvalue weighted by Gasteiger charge is -2.18. The van der Waals surface area contributed by atoms with E-state index in [4.69, 9.17) is 11.6 Å². The average Bonchev–Trinajstić information content (AvgIpc) is 2.71. The molecule has 6 nitrogen and oxygen atoms in total. The number of carbonyl (C=O) groups is 1. The van der Waals surface area contributed by atoms with Gasteiger partial charge in [0.25, 0.3) is 5.91 Å². The zero-order valence-corrected chi connectivity index (χ0v) is 15.9. The lowest BCUT2D eigenvalue weighted by Crippen LogP contribution is -2.25. The number of amides is 1. The summed E-state index contributed by atoms with van der Waals surface area (Å²) in [5.74, 6) is 0.483. The number of nitrogens with zero attached hydrogens (tertiary/aromatic N) is 4. The van der Waals surface area contributed by atoms with Gasteiger partial charge in [-0.25, -0.2) is 15.0 Å². The Balaban J connectivity index is 1.78. The summed E-state index contributed by atoms with van der Waals surface area (Å²) in [6.45, 7) is 5.47. The van der Waals surface area contributed by atoms with E-state index in [9.17, 15) is 4.79 Å². The van der Waals surface area contributed by atoms with Gasteiger partial charge in [0.2, 0.25) is 5.95 Å². The van der Waals surface area contributed by atoms with Crippen molar-refractivity contribution >= 4 is 29.3 Å². The fourth-order valence-corrected chi connectivity index (χ4v) is 2.80. The number of rotatable bonds is 6. The number of halogens is 1. The predicted octanol–water partition coefficient (Wildman–Crippen LogP) is 4.29. The summed E-state index contributed by atoms with van der Waals surface area (Å²) in [5, 5.41) is 2.94. The molecule has 0 bridgehead atoms. The molecule has 1 aromatic carbocycles. The van der Waals surface area contributed by atoms with Gasteiger partial charge in [-0.3, -0.25) is 4.79 Å². The number of hydrogen-bond donors (Lipinski definition) is 1. The Morgan fingerprint density at radius 1 is 1.00 bits per heavy atom. The molecule has 0 spiro atoms. The lowest BCUT2D eigenvalue weighted by molar-refractivity contribution is 0.102. The van der Waals surface area contributed by atoms with Gasteiger partial charge in [0.15, 0.2) is 5.69 Å². The minimum absolute atomic E-state index is 0.127. The van der Waals surface area contributed by atoms with E-state index in [0.717, 1.165) is 24.2 Å². The van der Waals surface area contributed by atoms with Crippen LogP contribution in [0.3, 0.4) is 0 Å². The Kier molecular flexibility index (Phi) is 5.98. The van der Waals surface area contributed by atoms with Crippen molar-refractivity contribution in [1.29, 1.82) is 0 Å². The Hall–Kier alpha value is -2.99. The highest BCUT2D eigenvalue weighted by molar-refractivity contribution is 6.34. The Bertz CT molecular complexity index is 911. The van der Waals surface area contributed by atoms with E-state index in [2.05, 4.69) is 20.3 Å². The van der Waals surface area contributed by atoms with Crippen molar-refractivity contribution in [2.75, 3.05) is 23.3 Å². The highest BCUT2D eigenvalue weighted by atomic mass is 35.5. The van der Waals surface area contributed by atoms with E-state index in [0.29, 0.717) is 11.8 Å². The van der Waals surface area contributed by atoms with Gasteiger partial charge in [0.1, 0.15) is 5.82 Å². The highest BCUT2D eigenvalue weighted by Crippen LogP contribution is 2.21. The second-order valence-corrected chi connectivity index (χ2v) is 6.20. The third-order valence-corrected chi connectivity index (χ3v) is 4.38. The summed E-state index contributed by atoms with van der Waals surface area (Å²) in [4.78, 5) is 27.4. The Morgan fingerprint density at radius 3 is 2.37 bits per heavy atom. The molecule has 0 fully saturated rings. The molecular weight excluding hydrogens is 362 g/mol. The van der Waals surface area contributed by atoms with Crippen LogP contribution in [0.25, 0.3) is 11.1 Å². The summed E-state index contributed by atoms with van der Waals surface area (Å²) in [5.41, 5.74) is 2.16. The summed E-state index contributed by atoms with van der Waals surface area (Å²) in [6.07, 6.45) is 3.16. The first kappa shape index (κ1) is 18.8. The van der Waals surface area contributed by atoms with Crippen molar-refractivity contribution in [3.63, 3.8) is 0 Å². The number of aromatic nitrogens is 3. The first-order chi connectivity index (χ1) is 13.1. The monoisotopic (exact) mass is 381 g/mol. The second kappa shape index (κ2) is 8.60.